The van der Waals surface area contributed by atoms with Gasteiger partial charge in [-0.1, -0.05) is 20.8 Å². The van der Waals surface area contributed by atoms with Crippen molar-refractivity contribution >= 4 is 16.0 Å². The van der Waals surface area contributed by atoms with E-state index in [0.717, 1.165) is 0 Å². The second-order valence-electron chi connectivity index (χ2n) is 6.19. The highest BCUT2D eigenvalue weighted by Crippen LogP contribution is 2.32. The van der Waals surface area contributed by atoms with E-state index in [1.165, 1.54) is 0 Å². The van der Waals surface area contributed by atoms with Crippen molar-refractivity contribution in [3.05, 3.63) is 0 Å². The van der Waals surface area contributed by atoms with Crippen molar-refractivity contribution in [2.24, 2.45) is 11.3 Å². The lowest BCUT2D eigenvalue weighted by Crippen LogP contribution is -2.32. The van der Waals surface area contributed by atoms with Crippen LogP contribution < -0.4 is 4.72 Å². The number of carbonyl (C=O) groups is 1. The molecule has 0 aliphatic carbocycles. The lowest BCUT2D eigenvalue weighted by Gasteiger charge is -2.30. The number of sulfonamides is 1. The van der Waals surface area contributed by atoms with E-state index in [9.17, 15) is 13.2 Å². The van der Waals surface area contributed by atoms with Gasteiger partial charge in [0, 0.05) is 19.6 Å². The van der Waals surface area contributed by atoms with Crippen LogP contribution in [0.15, 0.2) is 0 Å². The third-order valence-electron chi connectivity index (χ3n) is 3.45. The molecule has 1 unspecified atom stereocenters. The monoisotopic (exact) mass is 323 g/mol. The first kappa shape index (κ1) is 20.3. The molecular formula is C14H29NO5S. The van der Waals surface area contributed by atoms with E-state index in [1.54, 1.807) is 0 Å². The first-order chi connectivity index (χ1) is 9.58. The molecule has 1 atom stereocenters. The number of ether oxygens (including phenoxy) is 1. The van der Waals surface area contributed by atoms with Crippen molar-refractivity contribution in [1.29, 1.82) is 0 Å². The molecule has 6 nitrogen and oxygen atoms in total. The minimum absolute atomic E-state index is 0.0455. The molecule has 21 heavy (non-hydrogen) atoms. The first-order valence-electron chi connectivity index (χ1n) is 7.35. The zero-order valence-electron chi connectivity index (χ0n) is 13.5. The van der Waals surface area contributed by atoms with Crippen LogP contribution in [0.4, 0.5) is 0 Å². The summed E-state index contributed by atoms with van der Waals surface area (Å²) in [7, 11) is -3.32. The fraction of sp³-hybridized carbons (Fsp3) is 0.929. The Hall–Kier alpha value is -0.660. The van der Waals surface area contributed by atoms with Crippen LogP contribution in [0.25, 0.3) is 0 Å². The van der Waals surface area contributed by atoms with E-state index >= 15 is 0 Å². The van der Waals surface area contributed by atoms with Crippen LogP contribution in [-0.2, 0) is 19.6 Å². The maximum absolute atomic E-state index is 11.7. The van der Waals surface area contributed by atoms with Gasteiger partial charge in [0.05, 0.1) is 12.4 Å². The van der Waals surface area contributed by atoms with Gasteiger partial charge < -0.3 is 9.84 Å². The minimum atomic E-state index is -3.32. The number of nitrogens with one attached hydrogen (secondary N) is 1. The fourth-order valence-electron chi connectivity index (χ4n) is 2.08. The molecule has 0 saturated carbocycles. The molecule has 0 bridgehead atoms. The Morgan fingerprint density at radius 1 is 1.29 bits per heavy atom. The topological polar surface area (TPSA) is 92.7 Å². The van der Waals surface area contributed by atoms with Gasteiger partial charge in [-0.05, 0) is 31.1 Å². The molecule has 0 saturated heterocycles. The van der Waals surface area contributed by atoms with Gasteiger partial charge in [-0.3, -0.25) is 4.79 Å². The molecule has 0 aromatic rings. The Morgan fingerprint density at radius 2 is 1.90 bits per heavy atom. The molecule has 0 heterocycles. The molecule has 0 fully saturated rings. The smallest absolute Gasteiger partial charge is 0.303 e. The van der Waals surface area contributed by atoms with Crippen molar-refractivity contribution in [3.8, 4) is 0 Å². The first-order valence-corrected chi connectivity index (χ1v) is 9.00. The van der Waals surface area contributed by atoms with Gasteiger partial charge in [-0.2, -0.15) is 0 Å². The summed E-state index contributed by atoms with van der Waals surface area (Å²) in [4.78, 5) is 10.7. The van der Waals surface area contributed by atoms with E-state index < -0.39 is 16.0 Å². The van der Waals surface area contributed by atoms with Crippen molar-refractivity contribution < 1.29 is 23.1 Å². The summed E-state index contributed by atoms with van der Waals surface area (Å²) in [5.74, 6) is -0.708. The van der Waals surface area contributed by atoms with Crippen LogP contribution in [0.1, 0.15) is 47.0 Å². The quantitative estimate of drug-likeness (QED) is 0.566. The Balaban J connectivity index is 4.27. The lowest BCUT2D eigenvalue weighted by molar-refractivity contribution is -0.137. The lowest BCUT2D eigenvalue weighted by atomic mass is 9.76. The van der Waals surface area contributed by atoms with Crippen LogP contribution in [-0.4, -0.2) is 45.0 Å². The minimum Gasteiger partial charge on any atom is -0.481 e. The zero-order chi connectivity index (χ0) is 16.5. The summed E-state index contributed by atoms with van der Waals surface area (Å²) in [6.07, 6.45) is 1.29. The van der Waals surface area contributed by atoms with Gasteiger partial charge in [0.25, 0.3) is 0 Å². The van der Waals surface area contributed by atoms with E-state index in [4.69, 9.17) is 9.84 Å². The average molecular weight is 323 g/mol. The van der Waals surface area contributed by atoms with Crippen LogP contribution in [0.5, 0.6) is 0 Å². The molecular weight excluding hydrogens is 294 g/mol. The molecule has 0 aliphatic rings. The predicted octanol–water partition coefficient (Wildman–Crippen LogP) is 1.86. The number of rotatable bonds is 11. The number of carboxylic acid groups (broad SMARTS) is 1. The molecule has 0 radical (unpaired) electrons. The second-order valence-corrected chi connectivity index (χ2v) is 8.12. The average Bonchev–Trinajstić information content (AvgIpc) is 2.31. The third kappa shape index (κ3) is 10.7. The maximum Gasteiger partial charge on any atom is 0.303 e. The Bertz CT molecular complexity index is 400. The standard InChI is InChI=1S/C14H29NO5S/c1-5-20-10-11-21(18,19)15-9-8-12(14(2,3)4)6-7-13(16)17/h12,15H,5-11H2,1-4H3,(H,16,17). The number of hydrogen-bond donors (Lipinski definition) is 2. The third-order valence-corrected chi connectivity index (χ3v) is 4.79. The molecule has 0 rings (SSSR count). The highest BCUT2D eigenvalue weighted by Gasteiger charge is 2.25. The zero-order valence-corrected chi connectivity index (χ0v) is 14.3. The molecule has 7 heteroatoms. The summed E-state index contributed by atoms with van der Waals surface area (Å²) >= 11 is 0. The number of aliphatic carboxylic acids is 1. The van der Waals surface area contributed by atoms with Crippen LogP contribution in [0.2, 0.25) is 0 Å². The summed E-state index contributed by atoms with van der Waals surface area (Å²) in [6.45, 7) is 8.96. The van der Waals surface area contributed by atoms with Crippen molar-refractivity contribution in [1.82, 2.24) is 4.72 Å². The van der Waals surface area contributed by atoms with Gasteiger partial charge in [0.15, 0.2) is 0 Å². The highest BCUT2D eigenvalue weighted by molar-refractivity contribution is 7.89. The van der Waals surface area contributed by atoms with Gasteiger partial charge in [0.2, 0.25) is 10.0 Å². The van der Waals surface area contributed by atoms with Gasteiger partial charge in [-0.25, -0.2) is 13.1 Å². The van der Waals surface area contributed by atoms with Crippen LogP contribution >= 0.6 is 0 Å². The van der Waals surface area contributed by atoms with E-state index in [0.29, 0.717) is 26.0 Å². The maximum atomic E-state index is 11.7. The summed E-state index contributed by atoms with van der Waals surface area (Å²) in [5.41, 5.74) is -0.0494. The summed E-state index contributed by atoms with van der Waals surface area (Å²) < 4.78 is 31.0. The highest BCUT2D eigenvalue weighted by atomic mass is 32.2. The Kier molecular flexibility index (Phi) is 9.08. The SMILES string of the molecule is CCOCCS(=O)(=O)NCCC(CCC(=O)O)C(C)(C)C. The normalized spacial score (nSPS) is 14.1. The van der Waals surface area contributed by atoms with Gasteiger partial charge >= 0.3 is 5.97 Å². The largest absolute Gasteiger partial charge is 0.481 e. The van der Waals surface area contributed by atoms with Gasteiger partial charge in [-0.15, -0.1) is 0 Å². The van der Waals surface area contributed by atoms with Crippen LogP contribution in [0, 0.1) is 11.3 Å². The van der Waals surface area contributed by atoms with Crippen LogP contribution in [0.3, 0.4) is 0 Å². The van der Waals surface area contributed by atoms with E-state index in [1.807, 2.05) is 27.7 Å². The fourth-order valence-corrected chi connectivity index (χ4v) is 2.99. The molecule has 0 aromatic heterocycles. The Morgan fingerprint density at radius 3 is 2.38 bits per heavy atom. The van der Waals surface area contributed by atoms with Crippen molar-refractivity contribution in [2.45, 2.75) is 47.0 Å². The molecule has 0 aromatic carbocycles. The molecule has 2 N–H and O–H groups in total. The number of carboxylic acids is 1. The molecule has 126 valence electrons. The van der Waals surface area contributed by atoms with Crippen molar-refractivity contribution in [2.75, 3.05) is 25.5 Å². The second kappa shape index (κ2) is 9.38. The van der Waals surface area contributed by atoms with Gasteiger partial charge in [0.1, 0.15) is 0 Å². The molecule has 0 amide bonds. The van der Waals surface area contributed by atoms with Crippen molar-refractivity contribution in [3.63, 3.8) is 0 Å². The Labute approximate surface area is 128 Å². The number of hydrogen-bond acceptors (Lipinski definition) is 4. The molecule has 0 aliphatic heterocycles. The van der Waals surface area contributed by atoms with E-state index in [2.05, 4.69) is 4.72 Å². The summed E-state index contributed by atoms with van der Waals surface area (Å²) in [6, 6.07) is 0. The van der Waals surface area contributed by atoms with E-state index in [-0.39, 0.29) is 30.1 Å². The summed E-state index contributed by atoms with van der Waals surface area (Å²) in [5, 5.41) is 8.78. The molecule has 0 spiro atoms. The predicted molar refractivity (Wildman–Crippen MR) is 82.7 cm³/mol.